The molecule has 0 saturated heterocycles. The van der Waals surface area contributed by atoms with E-state index in [0.29, 0.717) is 29.5 Å². The number of rotatable bonds is 10. The number of methoxy groups -OCH3 is 1. The van der Waals surface area contributed by atoms with Crippen LogP contribution in [-0.4, -0.2) is 29.6 Å². The highest BCUT2D eigenvalue weighted by atomic mass is 16.5. The highest BCUT2D eigenvalue weighted by Gasteiger charge is 2.05. The number of nitrogens with zero attached hydrogens (tertiary/aromatic N) is 2. The standard InChI is InChI=1S/C24H25N3O4/c1-3-4-16-30-21-12-6-18(17-22(21)29-2)7-13-23(28)27-19-8-10-20(11-9-19)31-24-25-14-5-15-26-24/h5-15,17H,3-4,16H2,1-2H3,(H,27,28). The number of carbonyl (C=O) groups is 1. The third kappa shape index (κ3) is 6.85. The quantitative estimate of drug-likeness (QED) is 0.363. The topological polar surface area (TPSA) is 82.6 Å². The molecule has 0 fully saturated rings. The van der Waals surface area contributed by atoms with Gasteiger partial charge in [-0.15, -0.1) is 0 Å². The maximum atomic E-state index is 12.3. The predicted molar refractivity (Wildman–Crippen MR) is 120 cm³/mol. The van der Waals surface area contributed by atoms with Crippen molar-refractivity contribution in [3.63, 3.8) is 0 Å². The minimum Gasteiger partial charge on any atom is -0.493 e. The van der Waals surface area contributed by atoms with Crippen molar-refractivity contribution in [1.29, 1.82) is 0 Å². The molecular weight excluding hydrogens is 394 g/mol. The lowest BCUT2D eigenvalue weighted by Gasteiger charge is -2.11. The zero-order valence-corrected chi connectivity index (χ0v) is 17.6. The van der Waals surface area contributed by atoms with Gasteiger partial charge in [0.15, 0.2) is 11.5 Å². The molecule has 0 saturated carbocycles. The van der Waals surface area contributed by atoms with E-state index in [1.165, 1.54) is 6.08 Å². The summed E-state index contributed by atoms with van der Waals surface area (Å²) in [6.45, 7) is 2.76. The minimum atomic E-state index is -0.248. The summed E-state index contributed by atoms with van der Waals surface area (Å²) < 4.78 is 16.7. The van der Waals surface area contributed by atoms with E-state index in [0.717, 1.165) is 18.4 Å². The van der Waals surface area contributed by atoms with Gasteiger partial charge in [-0.25, -0.2) is 9.97 Å². The number of benzene rings is 2. The van der Waals surface area contributed by atoms with Crippen LogP contribution in [0.2, 0.25) is 0 Å². The molecule has 0 unspecified atom stereocenters. The maximum absolute atomic E-state index is 12.3. The number of ether oxygens (including phenoxy) is 3. The molecule has 0 aliphatic carbocycles. The van der Waals surface area contributed by atoms with Crippen LogP contribution in [0, 0.1) is 0 Å². The molecule has 0 aliphatic heterocycles. The van der Waals surface area contributed by atoms with E-state index in [1.54, 1.807) is 55.9 Å². The van der Waals surface area contributed by atoms with Crippen molar-refractivity contribution in [3.8, 4) is 23.3 Å². The van der Waals surface area contributed by atoms with Crippen molar-refractivity contribution < 1.29 is 19.0 Å². The Morgan fingerprint density at radius 2 is 1.84 bits per heavy atom. The Labute approximate surface area is 181 Å². The lowest BCUT2D eigenvalue weighted by Crippen LogP contribution is -2.07. The summed E-state index contributed by atoms with van der Waals surface area (Å²) in [5, 5.41) is 2.81. The number of amides is 1. The number of hydrogen-bond donors (Lipinski definition) is 1. The van der Waals surface area contributed by atoms with Crippen LogP contribution in [0.3, 0.4) is 0 Å². The van der Waals surface area contributed by atoms with Crippen molar-refractivity contribution in [2.24, 2.45) is 0 Å². The van der Waals surface area contributed by atoms with Crippen LogP contribution in [0.15, 0.2) is 67.0 Å². The van der Waals surface area contributed by atoms with Gasteiger partial charge in [-0.3, -0.25) is 4.79 Å². The lowest BCUT2D eigenvalue weighted by molar-refractivity contribution is -0.111. The molecule has 1 amide bonds. The lowest BCUT2D eigenvalue weighted by atomic mass is 10.2. The molecule has 2 aromatic carbocycles. The smallest absolute Gasteiger partial charge is 0.321 e. The molecule has 1 heterocycles. The number of aromatic nitrogens is 2. The molecule has 1 N–H and O–H groups in total. The van der Waals surface area contributed by atoms with Gasteiger partial charge in [0.1, 0.15) is 5.75 Å². The Morgan fingerprint density at radius 1 is 1.06 bits per heavy atom. The van der Waals surface area contributed by atoms with Crippen molar-refractivity contribution in [1.82, 2.24) is 9.97 Å². The van der Waals surface area contributed by atoms with E-state index in [9.17, 15) is 4.79 Å². The number of carbonyl (C=O) groups excluding carboxylic acids is 1. The van der Waals surface area contributed by atoms with E-state index >= 15 is 0 Å². The van der Waals surface area contributed by atoms with Crippen molar-refractivity contribution in [2.45, 2.75) is 19.8 Å². The molecular formula is C24H25N3O4. The first-order valence-corrected chi connectivity index (χ1v) is 10.0. The largest absolute Gasteiger partial charge is 0.493 e. The van der Waals surface area contributed by atoms with Crippen LogP contribution in [0.5, 0.6) is 23.3 Å². The van der Waals surface area contributed by atoms with Gasteiger partial charge in [-0.05, 0) is 60.5 Å². The van der Waals surface area contributed by atoms with Gasteiger partial charge < -0.3 is 19.5 Å². The molecule has 0 atom stereocenters. The van der Waals surface area contributed by atoms with Crippen LogP contribution in [0.25, 0.3) is 6.08 Å². The Hall–Kier alpha value is -3.87. The zero-order valence-electron chi connectivity index (χ0n) is 17.6. The van der Waals surface area contributed by atoms with Crippen LogP contribution in [-0.2, 0) is 4.79 Å². The predicted octanol–water partition coefficient (Wildman–Crippen LogP) is 5.11. The highest BCUT2D eigenvalue weighted by Crippen LogP contribution is 2.28. The monoisotopic (exact) mass is 419 g/mol. The second kappa shape index (κ2) is 11.3. The molecule has 31 heavy (non-hydrogen) atoms. The van der Waals surface area contributed by atoms with Crippen molar-refractivity contribution >= 4 is 17.7 Å². The number of hydrogen-bond acceptors (Lipinski definition) is 6. The van der Waals surface area contributed by atoms with Gasteiger partial charge in [-0.2, -0.15) is 0 Å². The molecule has 1 aromatic heterocycles. The van der Waals surface area contributed by atoms with Crippen molar-refractivity contribution in [3.05, 3.63) is 72.6 Å². The van der Waals surface area contributed by atoms with Gasteiger partial charge in [0.2, 0.25) is 5.91 Å². The zero-order chi connectivity index (χ0) is 21.9. The average molecular weight is 419 g/mol. The van der Waals surface area contributed by atoms with Crippen LogP contribution in [0.1, 0.15) is 25.3 Å². The molecule has 7 heteroatoms. The van der Waals surface area contributed by atoms with E-state index in [2.05, 4.69) is 22.2 Å². The van der Waals surface area contributed by atoms with Gasteiger partial charge >= 0.3 is 6.01 Å². The maximum Gasteiger partial charge on any atom is 0.321 e. The summed E-state index contributed by atoms with van der Waals surface area (Å²) in [5.74, 6) is 1.66. The Morgan fingerprint density at radius 3 is 2.55 bits per heavy atom. The summed E-state index contributed by atoms with van der Waals surface area (Å²) >= 11 is 0. The SMILES string of the molecule is CCCCOc1ccc(C=CC(=O)Nc2ccc(Oc3ncccn3)cc2)cc1OC. The summed E-state index contributed by atoms with van der Waals surface area (Å²) in [6.07, 6.45) is 8.44. The van der Waals surface area contributed by atoms with Crippen molar-refractivity contribution in [2.75, 3.05) is 19.0 Å². The third-order valence-electron chi connectivity index (χ3n) is 4.24. The summed E-state index contributed by atoms with van der Waals surface area (Å²) in [5.41, 5.74) is 1.48. The molecule has 3 aromatic rings. The molecule has 0 bridgehead atoms. The first-order chi connectivity index (χ1) is 15.2. The minimum absolute atomic E-state index is 0.248. The number of unbranched alkanes of at least 4 members (excludes halogenated alkanes) is 1. The highest BCUT2D eigenvalue weighted by molar-refractivity contribution is 6.02. The first-order valence-electron chi connectivity index (χ1n) is 10.0. The molecule has 3 rings (SSSR count). The second-order valence-electron chi connectivity index (χ2n) is 6.59. The molecule has 160 valence electrons. The Bertz CT molecular complexity index is 1010. The van der Waals surface area contributed by atoms with Crippen LogP contribution >= 0.6 is 0 Å². The van der Waals surface area contributed by atoms with E-state index < -0.39 is 0 Å². The van der Waals surface area contributed by atoms with Gasteiger partial charge in [0.05, 0.1) is 13.7 Å². The number of anilines is 1. The summed E-state index contributed by atoms with van der Waals surface area (Å²) in [6, 6.07) is 14.5. The normalized spacial score (nSPS) is 10.6. The fraction of sp³-hybridized carbons (Fsp3) is 0.208. The Balaban J connectivity index is 1.56. The molecule has 0 aliphatic rings. The van der Waals surface area contributed by atoms with E-state index in [-0.39, 0.29) is 11.9 Å². The molecule has 0 radical (unpaired) electrons. The fourth-order valence-electron chi connectivity index (χ4n) is 2.64. The van der Waals surface area contributed by atoms with E-state index in [4.69, 9.17) is 14.2 Å². The summed E-state index contributed by atoms with van der Waals surface area (Å²) in [7, 11) is 1.60. The van der Waals surface area contributed by atoms with Crippen LogP contribution in [0.4, 0.5) is 5.69 Å². The fourth-order valence-corrected chi connectivity index (χ4v) is 2.64. The van der Waals surface area contributed by atoms with Gasteiger partial charge in [0.25, 0.3) is 0 Å². The third-order valence-corrected chi connectivity index (χ3v) is 4.24. The number of nitrogens with one attached hydrogen (secondary N) is 1. The molecule has 0 spiro atoms. The molecule has 7 nitrogen and oxygen atoms in total. The first kappa shape index (κ1) is 21.8. The summed E-state index contributed by atoms with van der Waals surface area (Å²) in [4.78, 5) is 20.3. The van der Waals surface area contributed by atoms with Gasteiger partial charge in [-0.1, -0.05) is 19.4 Å². The van der Waals surface area contributed by atoms with Crippen LogP contribution < -0.4 is 19.5 Å². The van der Waals surface area contributed by atoms with E-state index in [1.807, 2.05) is 18.2 Å². The second-order valence-corrected chi connectivity index (χ2v) is 6.59. The van der Waals surface area contributed by atoms with Gasteiger partial charge in [0, 0.05) is 24.2 Å². The average Bonchev–Trinajstić information content (AvgIpc) is 2.80. The Kier molecular flexibility index (Phi) is 7.99.